The summed E-state index contributed by atoms with van der Waals surface area (Å²) >= 11 is 0. The average molecular weight is 777 g/mol. The fourth-order valence-electron chi connectivity index (χ4n) is 13.6. The Morgan fingerprint density at radius 2 is 1.68 bits per heavy atom. The molecule has 4 fully saturated rings. The van der Waals surface area contributed by atoms with E-state index in [0.29, 0.717) is 31.3 Å². The predicted octanol–water partition coefficient (Wildman–Crippen LogP) is 7.59. The number of esters is 1. The minimum atomic E-state index is -1.17. The smallest absolute Gasteiger partial charge is 0.309 e. The van der Waals surface area contributed by atoms with Gasteiger partial charge in [-0.3, -0.25) is 19.3 Å². The molecule has 312 valence electrons. The summed E-state index contributed by atoms with van der Waals surface area (Å²) in [6, 6.07) is 3.90. The van der Waals surface area contributed by atoms with E-state index in [0.717, 1.165) is 75.7 Å². The van der Waals surface area contributed by atoms with Crippen LogP contribution < -0.4 is 0 Å². The molecule has 6 rings (SSSR count). The minimum absolute atomic E-state index is 0.0344. The third-order valence-corrected chi connectivity index (χ3v) is 16.8. The van der Waals surface area contributed by atoms with Gasteiger partial charge in [-0.15, -0.1) is 0 Å². The monoisotopic (exact) mass is 777 g/mol. The number of nitrogens with zero attached hydrogens (tertiary/aromatic N) is 4. The van der Waals surface area contributed by atoms with Crippen molar-refractivity contribution in [2.45, 2.75) is 145 Å². The first-order chi connectivity index (χ1) is 26.0. The summed E-state index contributed by atoms with van der Waals surface area (Å²) in [4.78, 5) is 43.7. The van der Waals surface area contributed by atoms with Crippen molar-refractivity contribution in [1.29, 1.82) is 0 Å². The van der Waals surface area contributed by atoms with Gasteiger partial charge >= 0.3 is 11.9 Å². The first kappa shape index (κ1) is 42.9. The molecule has 1 aromatic rings. The van der Waals surface area contributed by atoms with Crippen LogP contribution in [0.5, 0.6) is 0 Å². The van der Waals surface area contributed by atoms with Crippen molar-refractivity contribution in [1.82, 2.24) is 20.0 Å². The van der Waals surface area contributed by atoms with Gasteiger partial charge < -0.3 is 19.8 Å². The Balaban J connectivity index is 1.29. The lowest BCUT2D eigenvalue weighted by molar-refractivity contribution is -0.235. The molecule has 5 aliphatic rings. The molecule has 0 saturated heterocycles. The highest BCUT2D eigenvalue weighted by atomic mass is 16.5. The van der Waals surface area contributed by atoms with Crippen LogP contribution in [0, 0.1) is 56.2 Å². The number of allylic oxidation sites excluding steroid dienone is 1. The number of carbonyl (C=O) groups excluding carboxylic acids is 2. The number of ketones is 1. The van der Waals surface area contributed by atoms with Gasteiger partial charge in [-0.1, -0.05) is 54.0 Å². The van der Waals surface area contributed by atoms with Crippen LogP contribution in [0.15, 0.2) is 29.5 Å². The summed E-state index contributed by atoms with van der Waals surface area (Å²) in [5.41, 5.74) is 1.22. The molecule has 1 unspecified atom stereocenters. The molecule has 0 bridgehead atoms. The first-order valence-electron chi connectivity index (χ1n) is 21.6. The van der Waals surface area contributed by atoms with Gasteiger partial charge in [0.05, 0.1) is 23.6 Å². The summed E-state index contributed by atoms with van der Waals surface area (Å²) in [6.45, 7) is 22.4. The quantitative estimate of drug-likeness (QED) is 0.193. The number of carboxylic acids is 1. The van der Waals surface area contributed by atoms with E-state index in [4.69, 9.17) is 4.74 Å². The van der Waals surface area contributed by atoms with Crippen LogP contribution in [0.2, 0.25) is 0 Å². The highest BCUT2D eigenvalue weighted by Gasteiger charge is 2.71. The Hall–Kier alpha value is -2.69. The van der Waals surface area contributed by atoms with Crippen LogP contribution in [-0.4, -0.2) is 93.9 Å². The second-order valence-electron chi connectivity index (χ2n) is 21.3. The molecule has 1 heterocycles. The summed E-state index contributed by atoms with van der Waals surface area (Å²) in [6.07, 6.45) is 8.76. The SMILES string of the molecule is CC(C)C1=C2C3CC[C@@H]4[C@@]5(C)CC[C@H](OC(=O)CC(C)(C)C(=O)O)C(C)(C)[C@@H]5CC[C@@]4(C)[C@]3(C)CC[C@]2([C@@H](O)CN(CCN(C)C)Cc2cccnn2)CC1=O. The number of hydrogen-bond donors (Lipinski definition) is 2. The maximum atomic E-state index is 14.3. The van der Waals surface area contributed by atoms with Gasteiger partial charge in [-0.05, 0) is 137 Å². The molecular formula is C46H72N4O6. The third kappa shape index (κ3) is 7.09. The Bertz CT molecular complexity index is 1690. The number of hydrogen-bond acceptors (Lipinski definition) is 9. The Labute approximate surface area is 336 Å². The van der Waals surface area contributed by atoms with Gasteiger partial charge in [-0.25, -0.2) is 0 Å². The zero-order valence-corrected chi connectivity index (χ0v) is 36.4. The average Bonchev–Trinajstić information content (AvgIpc) is 3.42. The van der Waals surface area contributed by atoms with Crippen LogP contribution >= 0.6 is 0 Å². The zero-order valence-electron chi connectivity index (χ0n) is 36.4. The van der Waals surface area contributed by atoms with Crippen LogP contribution in [-0.2, 0) is 25.7 Å². The summed E-state index contributed by atoms with van der Waals surface area (Å²) in [5.74, 6) is -0.0208. The van der Waals surface area contributed by atoms with Crippen LogP contribution in [0.25, 0.3) is 0 Å². The van der Waals surface area contributed by atoms with Gasteiger partial charge in [0.15, 0.2) is 5.78 Å². The minimum Gasteiger partial charge on any atom is -0.481 e. The normalized spacial score (nSPS) is 35.9. The molecule has 56 heavy (non-hydrogen) atoms. The summed E-state index contributed by atoms with van der Waals surface area (Å²) in [5, 5.41) is 30.8. The molecule has 10 nitrogen and oxygen atoms in total. The molecule has 4 saturated carbocycles. The Morgan fingerprint density at radius 3 is 2.30 bits per heavy atom. The molecule has 0 aromatic carbocycles. The van der Waals surface area contributed by atoms with Gasteiger partial charge in [0, 0.05) is 49.6 Å². The van der Waals surface area contributed by atoms with E-state index in [1.165, 1.54) is 5.57 Å². The van der Waals surface area contributed by atoms with Crippen molar-refractivity contribution in [3.63, 3.8) is 0 Å². The molecule has 0 radical (unpaired) electrons. The predicted molar refractivity (Wildman–Crippen MR) is 217 cm³/mol. The number of fused-ring (bicyclic) bond motifs is 7. The van der Waals surface area contributed by atoms with Crippen LogP contribution in [0.4, 0.5) is 0 Å². The zero-order chi connectivity index (χ0) is 41.2. The fraction of sp³-hybridized carbons (Fsp3) is 0.804. The number of aliphatic hydroxyl groups is 1. The number of likely N-dealkylation sites (N-methyl/N-ethyl adjacent to an activating group) is 1. The molecule has 5 aliphatic carbocycles. The van der Waals surface area contributed by atoms with Crippen molar-refractivity contribution in [3.05, 3.63) is 35.2 Å². The van der Waals surface area contributed by atoms with Crippen molar-refractivity contribution in [3.8, 4) is 0 Å². The maximum absolute atomic E-state index is 14.3. The molecule has 10 heteroatoms. The number of rotatable bonds is 13. The molecule has 0 amide bonds. The van der Waals surface area contributed by atoms with Gasteiger partial charge in [0.2, 0.25) is 0 Å². The summed E-state index contributed by atoms with van der Waals surface area (Å²) < 4.78 is 6.19. The van der Waals surface area contributed by atoms with Crippen LogP contribution in [0.1, 0.15) is 132 Å². The van der Waals surface area contributed by atoms with E-state index in [1.54, 1.807) is 20.0 Å². The lowest BCUT2D eigenvalue weighted by atomic mass is 9.33. The van der Waals surface area contributed by atoms with Crippen molar-refractivity contribution >= 4 is 17.7 Å². The van der Waals surface area contributed by atoms with E-state index in [1.807, 2.05) is 12.1 Å². The second kappa shape index (κ2) is 15.2. The number of ether oxygens (including phenoxy) is 1. The van der Waals surface area contributed by atoms with E-state index in [9.17, 15) is 24.6 Å². The lowest BCUT2D eigenvalue weighted by Crippen LogP contribution is -2.66. The number of Topliss-reactive ketones (excluding diaryl/α,β-unsaturated/α-hetero) is 1. The topological polar surface area (TPSA) is 133 Å². The molecule has 2 N–H and O–H groups in total. The van der Waals surface area contributed by atoms with Crippen molar-refractivity contribution in [2.24, 2.45) is 56.2 Å². The highest BCUT2D eigenvalue weighted by molar-refractivity contribution is 6.00. The maximum Gasteiger partial charge on any atom is 0.309 e. The third-order valence-electron chi connectivity index (χ3n) is 16.8. The number of aliphatic carboxylic acids is 1. The van der Waals surface area contributed by atoms with E-state index in [2.05, 4.69) is 82.6 Å². The number of aliphatic hydroxyl groups excluding tert-OH is 1. The molecule has 0 aliphatic heterocycles. The van der Waals surface area contributed by atoms with Gasteiger partial charge in [0.1, 0.15) is 6.10 Å². The number of aromatic nitrogens is 2. The Morgan fingerprint density at radius 1 is 0.964 bits per heavy atom. The largest absolute Gasteiger partial charge is 0.481 e. The van der Waals surface area contributed by atoms with E-state index < -0.39 is 28.9 Å². The first-order valence-corrected chi connectivity index (χ1v) is 21.6. The van der Waals surface area contributed by atoms with Gasteiger partial charge in [0.25, 0.3) is 0 Å². The van der Waals surface area contributed by atoms with E-state index >= 15 is 0 Å². The molecule has 0 spiro atoms. The van der Waals surface area contributed by atoms with Gasteiger partial charge in [-0.2, -0.15) is 10.2 Å². The van der Waals surface area contributed by atoms with Crippen molar-refractivity contribution < 1.29 is 29.3 Å². The lowest BCUT2D eigenvalue weighted by Gasteiger charge is -2.72. The fourth-order valence-corrected chi connectivity index (χ4v) is 13.6. The summed E-state index contributed by atoms with van der Waals surface area (Å²) in [7, 11) is 4.14. The number of carboxylic acid groups (broad SMARTS) is 1. The molecule has 1 aromatic heterocycles. The standard InChI is InChI=1S/C46H72N4O6/c1-29(2)38-32(51)25-46(35(52)28-50(24-23-49(10)11)27-30-13-12-22-47-48-30)21-20-44(8)31(39(38)46)14-15-34-43(7)18-17-36(56-37(53)26-41(3,4)40(54)55)42(5,6)33(43)16-19-45(34,44)9/h12-13,22,29,31,33-36,52H,14-21,23-28H2,1-11H3,(H,54,55)/t31?,33-,34+,35-,36-,43-,44+,45+,46+/m0/s1. The highest BCUT2D eigenvalue weighted by Crippen LogP contribution is 2.77. The second-order valence-corrected chi connectivity index (χ2v) is 21.3. The molecule has 9 atom stereocenters. The van der Waals surface area contributed by atoms with E-state index in [-0.39, 0.29) is 51.8 Å². The number of carbonyl (C=O) groups is 3. The van der Waals surface area contributed by atoms with Crippen molar-refractivity contribution in [2.75, 3.05) is 33.7 Å². The van der Waals surface area contributed by atoms with Crippen LogP contribution in [0.3, 0.4) is 0 Å². The Kier molecular flexibility index (Phi) is 11.6. The molecular weight excluding hydrogens is 705 g/mol.